The maximum Gasteiger partial charge on any atom is 0.268 e. The van der Waals surface area contributed by atoms with Crippen LogP contribution in [0.15, 0.2) is 54.6 Å². The molecule has 0 saturated heterocycles. The summed E-state index contributed by atoms with van der Waals surface area (Å²) in [5, 5.41) is 0.677. The van der Waals surface area contributed by atoms with Crippen LogP contribution in [0.5, 0.6) is 5.75 Å². The van der Waals surface area contributed by atoms with Crippen LogP contribution in [0, 0.1) is 0 Å². The first-order valence-electron chi connectivity index (χ1n) is 7.39. The molecule has 0 spiro atoms. The van der Waals surface area contributed by atoms with Gasteiger partial charge in [-0.3, -0.25) is 4.57 Å². The van der Waals surface area contributed by atoms with Gasteiger partial charge in [0.1, 0.15) is 5.75 Å². The molecule has 2 rings (SSSR count). The van der Waals surface area contributed by atoms with Gasteiger partial charge in [-0.15, -0.1) is 0 Å². The summed E-state index contributed by atoms with van der Waals surface area (Å²) < 4.78 is 24.2. The topological polar surface area (TPSA) is 61.5 Å². The van der Waals surface area contributed by atoms with E-state index in [0.29, 0.717) is 24.2 Å². The van der Waals surface area contributed by atoms with Gasteiger partial charge in [-0.05, 0) is 49.7 Å². The van der Waals surface area contributed by atoms with E-state index in [0.717, 1.165) is 12.0 Å². The molecule has 2 N–H and O–H groups in total. The Balaban J connectivity index is 2.07. The third-order valence-corrected chi connectivity index (χ3v) is 5.47. The molecule has 5 heteroatoms. The highest BCUT2D eigenvalue weighted by Gasteiger charge is 2.26. The van der Waals surface area contributed by atoms with E-state index in [1.807, 2.05) is 61.5 Å². The molecule has 0 radical (unpaired) electrons. The Morgan fingerprint density at radius 3 is 2.32 bits per heavy atom. The molecule has 22 heavy (non-hydrogen) atoms. The van der Waals surface area contributed by atoms with Crippen molar-refractivity contribution in [2.24, 2.45) is 5.73 Å². The zero-order chi connectivity index (χ0) is 15.8. The average Bonchev–Trinajstić information content (AvgIpc) is 2.56. The van der Waals surface area contributed by atoms with Crippen molar-refractivity contribution in [2.75, 3.05) is 19.5 Å². The van der Waals surface area contributed by atoms with Gasteiger partial charge in [-0.1, -0.05) is 30.3 Å². The van der Waals surface area contributed by atoms with Crippen LogP contribution in [-0.2, 0) is 15.5 Å². The lowest BCUT2D eigenvalue weighted by atomic mass is 10.1. The molecule has 2 aromatic rings. The Labute approximate surface area is 131 Å². The molecule has 0 aromatic heterocycles. The molecular weight excluding hydrogens is 297 g/mol. The quantitative estimate of drug-likeness (QED) is 0.759. The first-order valence-corrected chi connectivity index (χ1v) is 9.20. The monoisotopic (exact) mass is 319 g/mol. The van der Waals surface area contributed by atoms with Crippen molar-refractivity contribution in [1.29, 1.82) is 0 Å². The van der Waals surface area contributed by atoms with Gasteiger partial charge >= 0.3 is 0 Å². The normalized spacial score (nSPS) is 13.5. The molecule has 0 heterocycles. The molecule has 0 fully saturated rings. The second-order valence-corrected chi connectivity index (χ2v) is 7.26. The summed E-state index contributed by atoms with van der Waals surface area (Å²) in [6, 6.07) is 16.9. The summed E-state index contributed by atoms with van der Waals surface area (Å²) in [6.45, 7) is 2.83. The fourth-order valence-corrected chi connectivity index (χ4v) is 3.86. The van der Waals surface area contributed by atoms with Crippen molar-refractivity contribution in [3.63, 3.8) is 0 Å². The van der Waals surface area contributed by atoms with Crippen LogP contribution in [0.2, 0.25) is 0 Å². The first-order chi connectivity index (χ1) is 10.7. The maximum absolute atomic E-state index is 13.0. The summed E-state index contributed by atoms with van der Waals surface area (Å²) in [5.74, 6) is 0.677. The van der Waals surface area contributed by atoms with Crippen LogP contribution in [0.3, 0.4) is 0 Å². The lowest BCUT2D eigenvalue weighted by molar-refractivity contribution is 0.300. The fourth-order valence-electron chi connectivity index (χ4n) is 2.13. The van der Waals surface area contributed by atoms with E-state index >= 15 is 0 Å². The van der Waals surface area contributed by atoms with Crippen LogP contribution in [0.4, 0.5) is 0 Å². The fraction of sp³-hybridized carbons (Fsp3) is 0.294. The van der Waals surface area contributed by atoms with E-state index in [9.17, 15) is 4.57 Å². The number of ether oxygens (including phenoxy) is 1. The van der Waals surface area contributed by atoms with Crippen molar-refractivity contribution in [3.05, 3.63) is 60.2 Å². The van der Waals surface area contributed by atoms with Crippen molar-refractivity contribution in [2.45, 2.75) is 13.3 Å². The summed E-state index contributed by atoms with van der Waals surface area (Å²) in [5.41, 5.74) is 6.69. The molecule has 118 valence electrons. The lowest BCUT2D eigenvalue weighted by Gasteiger charge is -2.18. The molecule has 0 aliphatic heterocycles. The van der Waals surface area contributed by atoms with Crippen LogP contribution >= 0.6 is 7.37 Å². The summed E-state index contributed by atoms with van der Waals surface area (Å²) in [4.78, 5) is 0. The molecule has 0 bridgehead atoms. The number of rotatable bonds is 8. The average molecular weight is 319 g/mol. The molecule has 2 aromatic carbocycles. The number of benzene rings is 2. The molecule has 0 amide bonds. The zero-order valence-corrected chi connectivity index (χ0v) is 13.7. The Hall–Kier alpha value is -1.61. The summed E-state index contributed by atoms with van der Waals surface area (Å²) in [7, 11) is -3.00. The molecule has 0 saturated carbocycles. The summed E-state index contributed by atoms with van der Waals surface area (Å²) >= 11 is 0. The smallest absolute Gasteiger partial charge is 0.268 e. The Kier molecular flexibility index (Phi) is 6.20. The first kappa shape index (κ1) is 16.8. The van der Waals surface area contributed by atoms with E-state index in [2.05, 4.69) is 0 Å². The maximum atomic E-state index is 13.0. The number of nitrogens with two attached hydrogens (primary N) is 1. The predicted octanol–water partition coefficient (Wildman–Crippen LogP) is 3.16. The van der Waals surface area contributed by atoms with E-state index < -0.39 is 7.37 Å². The van der Waals surface area contributed by atoms with Crippen LogP contribution < -0.4 is 15.8 Å². The van der Waals surface area contributed by atoms with E-state index in [4.69, 9.17) is 15.0 Å². The number of hydrogen-bond donors (Lipinski definition) is 1. The van der Waals surface area contributed by atoms with Gasteiger partial charge in [-0.25, -0.2) is 0 Å². The van der Waals surface area contributed by atoms with E-state index in [-0.39, 0.29) is 6.35 Å². The molecular formula is C17H22NO3P. The second-order valence-electron chi connectivity index (χ2n) is 4.88. The van der Waals surface area contributed by atoms with E-state index in [1.165, 1.54) is 0 Å². The van der Waals surface area contributed by atoms with Crippen LogP contribution in [-0.4, -0.2) is 19.5 Å². The zero-order valence-electron chi connectivity index (χ0n) is 12.8. The standard InChI is InChI=1S/C17H22NO3P/c1-2-21-22(19,17-6-4-3-5-7-17)14-20-16-10-8-15(9-11-16)12-13-18/h3-11H,2,12-14,18H2,1H3. The summed E-state index contributed by atoms with van der Waals surface area (Å²) in [6.07, 6.45) is 0.864. The van der Waals surface area contributed by atoms with Gasteiger partial charge in [0, 0.05) is 5.30 Å². The van der Waals surface area contributed by atoms with Gasteiger partial charge in [0.2, 0.25) is 0 Å². The Morgan fingerprint density at radius 1 is 1.05 bits per heavy atom. The second kappa shape index (κ2) is 8.14. The largest absolute Gasteiger partial charge is 0.483 e. The molecule has 4 nitrogen and oxygen atoms in total. The molecule has 1 atom stereocenters. The van der Waals surface area contributed by atoms with Crippen molar-refractivity contribution < 1.29 is 13.8 Å². The van der Waals surface area contributed by atoms with Crippen LogP contribution in [0.25, 0.3) is 0 Å². The number of hydrogen-bond acceptors (Lipinski definition) is 4. The third kappa shape index (κ3) is 4.44. The Bertz CT molecular complexity index is 614. The van der Waals surface area contributed by atoms with Gasteiger partial charge < -0.3 is 15.0 Å². The lowest BCUT2D eigenvalue weighted by Crippen LogP contribution is -2.13. The Morgan fingerprint density at radius 2 is 1.73 bits per heavy atom. The van der Waals surface area contributed by atoms with Gasteiger partial charge in [-0.2, -0.15) is 0 Å². The molecule has 0 aliphatic carbocycles. The highest BCUT2D eigenvalue weighted by molar-refractivity contribution is 7.66. The van der Waals surface area contributed by atoms with Crippen molar-refractivity contribution in [1.82, 2.24) is 0 Å². The van der Waals surface area contributed by atoms with E-state index in [1.54, 1.807) is 0 Å². The van der Waals surface area contributed by atoms with Gasteiger partial charge in [0.15, 0.2) is 6.35 Å². The highest BCUT2D eigenvalue weighted by atomic mass is 31.2. The minimum absolute atomic E-state index is 0.0289. The highest BCUT2D eigenvalue weighted by Crippen LogP contribution is 2.45. The predicted molar refractivity (Wildman–Crippen MR) is 90.0 cm³/mol. The van der Waals surface area contributed by atoms with Gasteiger partial charge in [0.25, 0.3) is 7.37 Å². The molecule has 0 aliphatic rings. The van der Waals surface area contributed by atoms with Crippen molar-refractivity contribution >= 4 is 12.7 Å². The van der Waals surface area contributed by atoms with Crippen LogP contribution in [0.1, 0.15) is 12.5 Å². The SMILES string of the molecule is CCOP(=O)(COc1ccc(CCN)cc1)c1ccccc1. The molecule has 1 unspecified atom stereocenters. The minimum atomic E-state index is -3.00. The van der Waals surface area contributed by atoms with Gasteiger partial charge in [0.05, 0.1) is 6.61 Å². The van der Waals surface area contributed by atoms with Crippen molar-refractivity contribution in [3.8, 4) is 5.75 Å². The minimum Gasteiger partial charge on any atom is -0.483 e. The third-order valence-electron chi connectivity index (χ3n) is 3.24.